The molecule has 0 aliphatic carbocycles. The summed E-state index contributed by atoms with van der Waals surface area (Å²) in [6.45, 7) is 6.16. The van der Waals surface area contributed by atoms with E-state index in [1.807, 2.05) is 37.4 Å². The number of hydrogen-bond donors (Lipinski definition) is 1. The molecule has 0 saturated carbocycles. The van der Waals surface area contributed by atoms with Gasteiger partial charge in [-0.3, -0.25) is 0 Å². The van der Waals surface area contributed by atoms with Crippen molar-refractivity contribution in [3.8, 4) is 5.75 Å². The second-order valence-corrected chi connectivity index (χ2v) is 5.43. The molecule has 0 aliphatic heterocycles. The zero-order valence-corrected chi connectivity index (χ0v) is 11.6. The summed E-state index contributed by atoms with van der Waals surface area (Å²) in [5.74, 6) is 0.723. The number of benzene rings is 1. The predicted octanol–water partition coefficient (Wildman–Crippen LogP) is 3.39. The Labute approximate surface area is 111 Å². The molecule has 1 unspecified atom stereocenters. The first-order chi connectivity index (χ1) is 8.56. The highest BCUT2D eigenvalue weighted by atomic mass is 32.1. The molecule has 0 spiro atoms. The number of ether oxygens (including phenoxy) is 1. The van der Waals surface area contributed by atoms with Crippen LogP contribution in [0.5, 0.6) is 5.75 Å². The standard InChI is InChI=1S/C14H17NO2S/c1-9-4-5-14(13(6-9)10(2)16)17-7-12-8-18-11(3)15-12/h4-6,8,10,16H,7H2,1-3H3. The first-order valence-corrected chi connectivity index (χ1v) is 6.76. The summed E-state index contributed by atoms with van der Waals surface area (Å²) in [6.07, 6.45) is -0.530. The van der Waals surface area contributed by atoms with Gasteiger partial charge in [0.1, 0.15) is 12.4 Å². The van der Waals surface area contributed by atoms with E-state index < -0.39 is 6.10 Å². The Hall–Kier alpha value is -1.39. The highest BCUT2D eigenvalue weighted by Crippen LogP contribution is 2.27. The molecular weight excluding hydrogens is 246 g/mol. The first-order valence-electron chi connectivity index (χ1n) is 5.88. The van der Waals surface area contributed by atoms with Gasteiger partial charge in [-0.15, -0.1) is 11.3 Å². The molecule has 2 aromatic rings. The smallest absolute Gasteiger partial charge is 0.131 e. The fourth-order valence-corrected chi connectivity index (χ4v) is 2.35. The molecule has 4 heteroatoms. The quantitative estimate of drug-likeness (QED) is 0.919. The van der Waals surface area contributed by atoms with Crippen LogP contribution in [0.1, 0.15) is 34.9 Å². The number of hydrogen-bond acceptors (Lipinski definition) is 4. The number of aryl methyl sites for hydroxylation is 2. The van der Waals surface area contributed by atoms with Gasteiger partial charge in [-0.25, -0.2) is 4.98 Å². The van der Waals surface area contributed by atoms with E-state index in [1.165, 1.54) is 0 Å². The third kappa shape index (κ3) is 3.09. The average Bonchev–Trinajstić information content (AvgIpc) is 2.73. The Morgan fingerprint density at radius 1 is 1.39 bits per heavy atom. The summed E-state index contributed by atoms with van der Waals surface area (Å²) >= 11 is 1.61. The lowest BCUT2D eigenvalue weighted by Crippen LogP contribution is -2.01. The minimum Gasteiger partial charge on any atom is -0.487 e. The van der Waals surface area contributed by atoms with Gasteiger partial charge in [-0.1, -0.05) is 11.6 Å². The SMILES string of the molecule is Cc1ccc(OCc2csc(C)n2)c(C(C)O)c1. The maximum absolute atomic E-state index is 9.74. The van der Waals surface area contributed by atoms with Crippen LogP contribution < -0.4 is 4.74 Å². The van der Waals surface area contributed by atoms with E-state index >= 15 is 0 Å². The van der Waals surface area contributed by atoms with Crippen molar-refractivity contribution >= 4 is 11.3 Å². The summed E-state index contributed by atoms with van der Waals surface area (Å²) in [5.41, 5.74) is 2.86. The minimum atomic E-state index is -0.530. The summed E-state index contributed by atoms with van der Waals surface area (Å²) in [7, 11) is 0. The van der Waals surface area contributed by atoms with Gasteiger partial charge < -0.3 is 9.84 Å². The number of aliphatic hydroxyl groups excluding tert-OH is 1. The Balaban J connectivity index is 2.13. The van der Waals surface area contributed by atoms with Crippen LogP contribution in [0.4, 0.5) is 0 Å². The van der Waals surface area contributed by atoms with Crippen molar-refractivity contribution in [1.29, 1.82) is 0 Å². The fourth-order valence-electron chi connectivity index (χ4n) is 1.75. The van der Waals surface area contributed by atoms with Crippen molar-refractivity contribution in [3.05, 3.63) is 45.4 Å². The zero-order chi connectivity index (χ0) is 13.1. The maximum atomic E-state index is 9.74. The molecule has 0 radical (unpaired) electrons. The van der Waals surface area contributed by atoms with Gasteiger partial charge in [0.25, 0.3) is 0 Å². The van der Waals surface area contributed by atoms with E-state index in [1.54, 1.807) is 18.3 Å². The summed E-state index contributed by atoms with van der Waals surface area (Å²) < 4.78 is 5.74. The van der Waals surface area contributed by atoms with Crippen LogP contribution in [0.15, 0.2) is 23.6 Å². The lowest BCUT2D eigenvalue weighted by Gasteiger charge is -2.13. The van der Waals surface area contributed by atoms with Crippen LogP contribution in [0, 0.1) is 13.8 Å². The molecule has 96 valence electrons. The van der Waals surface area contributed by atoms with E-state index in [0.29, 0.717) is 6.61 Å². The van der Waals surface area contributed by atoms with Gasteiger partial charge in [0.05, 0.1) is 16.8 Å². The third-order valence-electron chi connectivity index (χ3n) is 2.66. The summed E-state index contributed by atoms with van der Waals surface area (Å²) in [5, 5.41) is 12.8. The van der Waals surface area contributed by atoms with Crippen molar-refractivity contribution in [3.63, 3.8) is 0 Å². The van der Waals surface area contributed by atoms with Crippen LogP contribution in [0.3, 0.4) is 0 Å². The molecule has 1 heterocycles. The second-order valence-electron chi connectivity index (χ2n) is 4.36. The van der Waals surface area contributed by atoms with Gasteiger partial charge in [0.15, 0.2) is 0 Å². The van der Waals surface area contributed by atoms with Crippen LogP contribution in [-0.4, -0.2) is 10.1 Å². The second kappa shape index (κ2) is 5.50. The van der Waals surface area contributed by atoms with Crippen LogP contribution in [0.25, 0.3) is 0 Å². The Morgan fingerprint density at radius 2 is 2.17 bits per heavy atom. The molecule has 2 rings (SSSR count). The number of aliphatic hydroxyl groups is 1. The van der Waals surface area contributed by atoms with Gasteiger partial charge in [-0.2, -0.15) is 0 Å². The molecule has 1 N–H and O–H groups in total. The van der Waals surface area contributed by atoms with Crippen LogP contribution >= 0.6 is 11.3 Å². The Kier molecular flexibility index (Phi) is 3.99. The van der Waals surface area contributed by atoms with E-state index in [9.17, 15) is 5.11 Å². The predicted molar refractivity (Wildman–Crippen MR) is 73.0 cm³/mol. The van der Waals surface area contributed by atoms with Crippen LogP contribution in [0.2, 0.25) is 0 Å². The number of thiazole rings is 1. The summed E-state index contributed by atoms with van der Waals surface area (Å²) in [6, 6.07) is 5.83. The summed E-state index contributed by atoms with van der Waals surface area (Å²) in [4.78, 5) is 4.35. The number of nitrogens with zero attached hydrogens (tertiary/aromatic N) is 1. The molecule has 0 fully saturated rings. The van der Waals surface area contributed by atoms with Crippen molar-refractivity contribution < 1.29 is 9.84 Å². The Morgan fingerprint density at radius 3 is 2.78 bits per heavy atom. The maximum Gasteiger partial charge on any atom is 0.131 e. The Bertz CT molecular complexity index is 534. The first kappa shape index (κ1) is 13.1. The van der Waals surface area contributed by atoms with Crippen molar-refractivity contribution in [2.24, 2.45) is 0 Å². The molecule has 18 heavy (non-hydrogen) atoms. The van der Waals surface area contributed by atoms with E-state index in [2.05, 4.69) is 4.98 Å². The van der Waals surface area contributed by atoms with E-state index in [0.717, 1.165) is 27.6 Å². The van der Waals surface area contributed by atoms with Gasteiger partial charge in [0.2, 0.25) is 0 Å². The molecule has 3 nitrogen and oxygen atoms in total. The molecule has 0 amide bonds. The lowest BCUT2D eigenvalue weighted by molar-refractivity contribution is 0.189. The van der Waals surface area contributed by atoms with Crippen molar-refractivity contribution in [2.75, 3.05) is 0 Å². The minimum absolute atomic E-state index is 0.438. The molecule has 0 aliphatic rings. The number of rotatable bonds is 4. The molecule has 0 saturated heterocycles. The topological polar surface area (TPSA) is 42.4 Å². The molecular formula is C14H17NO2S. The van der Waals surface area contributed by atoms with E-state index in [-0.39, 0.29) is 0 Å². The van der Waals surface area contributed by atoms with E-state index in [4.69, 9.17) is 4.74 Å². The molecule has 1 aromatic heterocycles. The van der Waals surface area contributed by atoms with Crippen molar-refractivity contribution in [1.82, 2.24) is 4.98 Å². The normalized spacial score (nSPS) is 12.4. The molecule has 0 bridgehead atoms. The largest absolute Gasteiger partial charge is 0.487 e. The van der Waals surface area contributed by atoms with Crippen molar-refractivity contribution in [2.45, 2.75) is 33.5 Å². The van der Waals surface area contributed by atoms with Gasteiger partial charge in [0, 0.05) is 10.9 Å². The fraction of sp³-hybridized carbons (Fsp3) is 0.357. The third-order valence-corrected chi connectivity index (χ3v) is 3.48. The van der Waals surface area contributed by atoms with Gasteiger partial charge >= 0.3 is 0 Å². The van der Waals surface area contributed by atoms with Gasteiger partial charge in [-0.05, 0) is 32.9 Å². The lowest BCUT2D eigenvalue weighted by atomic mass is 10.1. The highest BCUT2D eigenvalue weighted by Gasteiger charge is 2.10. The molecule has 1 atom stereocenters. The zero-order valence-electron chi connectivity index (χ0n) is 10.8. The monoisotopic (exact) mass is 263 g/mol. The highest BCUT2D eigenvalue weighted by molar-refractivity contribution is 7.09. The molecule has 1 aromatic carbocycles. The average molecular weight is 263 g/mol. The number of aromatic nitrogens is 1. The van der Waals surface area contributed by atoms with Crippen LogP contribution in [-0.2, 0) is 6.61 Å².